The molecule has 4 aromatic rings. The second kappa shape index (κ2) is 5.61. The summed E-state index contributed by atoms with van der Waals surface area (Å²) in [6.45, 7) is 0. The fourth-order valence-electron chi connectivity index (χ4n) is 1.99. The van der Waals surface area contributed by atoms with Gasteiger partial charge in [0.1, 0.15) is 0 Å². The zero-order valence-electron chi connectivity index (χ0n) is 11.8. The summed E-state index contributed by atoms with van der Waals surface area (Å²) >= 11 is 0. The highest BCUT2D eigenvalue weighted by molar-refractivity contribution is 5.58. The van der Waals surface area contributed by atoms with Gasteiger partial charge in [0.05, 0.1) is 0 Å². The number of nitrogens with zero attached hydrogens (tertiary/aromatic N) is 5. The van der Waals surface area contributed by atoms with E-state index in [1.807, 2.05) is 0 Å². The molecule has 0 aliphatic heterocycles. The maximum atomic E-state index is 13.3. The molecule has 0 amide bonds. The van der Waals surface area contributed by atoms with E-state index in [1.54, 1.807) is 24.5 Å². The molecule has 0 saturated carbocycles. The van der Waals surface area contributed by atoms with Crippen LogP contribution in [-0.4, -0.2) is 25.3 Å². The number of hydrogen-bond donors (Lipinski definition) is 0. The summed E-state index contributed by atoms with van der Waals surface area (Å²) in [6, 6.07) is 6.72. The number of rotatable bonds is 3. The van der Waals surface area contributed by atoms with E-state index in [9.17, 15) is 8.78 Å². The molecule has 4 rings (SSSR count). The van der Waals surface area contributed by atoms with Crippen molar-refractivity contribution in [3.63, 3.8) is 0 Å². The van der Waals surface area contributed by atoms with E-state index in [0.29, 0.717) is 11.4 Å². The molecule has 0 spiro atoms. The third-order valence-electron chi connectivity index (χ3n) is 3.15. The van der Waals surface area contributed by atoms with E-state index in [0.717, 1.165) is 12.1 Å². The van der Waals surface area contributed by atoms with Crippen molar-refractivity contribution in [1.82, 2.24) is 25.3 Å². The molecular formula is C15H7F2N5O2. The normalized spacial score (nSPS) is 10.9. The first-order chi connectivity index (χ1) is 11.7. The number of benzene rings is 1. The standard InChI is InChI=1S/C15H7F2N5O2/c16-10-2-1-9(7-11(10)17)13-20-15(24-22-13)14-19-12(21-23-14)8-3-5-18-6-4-8/h1-7H. The summed E-state index contributed by atoms with van der Waals surface area (Å²) in [7, 11) is 0. The topological polar surface area (TPSA) is 90.7 Å². The Labute approximate surface area is 133 Å². The van der Waals surface area contributed by atoms with Crippen LogP contribution in [0.15, 0.2) is 51.8 Å². The number of aromatic nitrogens is 5. The predicted octanol–water partition coefficient (Wildman–Crippen LogP) is 3.13. The quantitative estimate of drug-likeness (QED) is 0.571. The Morgan fingerprint density at radius 1 is 0.708 bits per heavy atom. The molecule has 24 heavy (non-hydrogen) atoms. The van der Waals surface area contributed by atoms with E-state index in [1.165, 1.54) is 6.07 Å². The van der Waals surface area contributed by atoms with Crippen LogP contribution in [0.2, 0.25) is 0 Å². The first kappa shape index (κ1) is 14.1. The van der Waals surface area contributed by atoms with Crippen molar-refractivity contribution in [2.75, 3.05) is 0 Å². The highest BCUT2D eigenvalue weighted by atomic mass is 19.2. The SMILES string of the molecule is Fc1ccc(-c2noc(-c3nc(-c4ccncc4)no3)n2)cc1F. The summed E-state index contributed by atoms with van der Waals surface area (Å²) in [5, 5.41) is 7.52. The van der Waals surface area contributed by atoms with E-state index in [-0.39, 0.29) is 23.2 Å². The molecule has 0 aliphatic rings. The van der Waals surface area contributed by atoms with Gasteiger partial charge in [-0.15, -0.1) is 0 Å². The smallest absolute Gasteiger partial charge is 0.316 e. The molecule has 0 atom stereocenters. The fraction of sp³-hybridized carbons (Fsp3) is 0. The van der Waals surface area contributed by atoms with Gasteiger partial charge in [-0.25, -0.2) is 8.78 Å². The number of halogens is 2. The van der Waals surface area contributed by atoms with E-state index >= 15 is 0 Å². The van der Waals surface area contributed by atoms with Gasteiger partial charge in [-0.2, -0.15) is 9.97 Å². The molecule has 0 fully saturated rings. The van der Waals surface area contributed by atoms with Crippen LogP contribution in [0.4, 0.5) is 8.78 Å². The molecule has 118 valence electrons. The Balaban J connectivity index is 1.66. The molecule has 7 nitrogen and oxygen atoms in total. The van der Waals surface area contributed by atoms with Crippen molar-refractivity contribution in [2.24, 2.45) is 0 Å². The average Bonchev–Trinajstić information content (AvgIpc) is 3.27. The maximum Gasteiger partial charge on any atom is 0.316 e. The molecule has 1 aromatic carbocycles. The first-order valence-electron chi connectivity index (χ1n) is 6.74. The predicted molar refractivity (Wildman–Crippen MR) is 76.2 cm³/mol. The molecule has 0 unspecified atom stereocenters. The molecule has 0 saturated heterocycles. The van der Waals surface area contributed by atoms with Crippen LogP contribution in [0.5, 0.6) is 0 Å². The van der Waals surface area contributed by atoms with Crippen LogP contribution in [-0.2, 0) is 0 Å². The van der Waals surface area contributed by atoms with Crippen LogP contribution in [0.3, 0.4) is 0 Å². The van der Waals surface area contributed by atoms with Crippen LogP contribution in [0.25, 0.3) is 34.6 Å². The minimum Gasteiger partial charge on any atom is -0.328 e. The van der Waals surface area contributed by atoms with Crippen molar-refractivity contribution in [3.05, 3.63) is 54.4 Å². The van der Waals surface area contributed by atoms with E-state index < -0.39 is 11.6 Å². The highest BCUT2D eigenvalue weighted by Crippen LogP contribution is 2.24. The minimum atomic E-state index is -1.00. The Hall–Kier alpha value is -3.49. The first-order valence-corrected chi connectivity index (χ1v) is 6.74. The van der Waals surface area contributed by atoms with Crippen molar-refractivity contribution in [1.29, 1.82) is 0 Å². The third kappa shape index (κ3) is 2.51. The molecule has 3 heterocycles. The summed E-state index contributed by atoms with van der Waals surface area (Å²) in [4.78, 5) is 12.1. The second-order valence-corrected chi connectivity index (χ2v) is 4.71. The zero-order chi connectivity index (χ0) is 16.5. The van der Waals surface area contributed by atoms with Gasteiger partial charge in [0.25, 0.3) is 0 Å². The molecule has 0 bridgehead atoms. The summed E-state index contributed by atoms with van der Waals surface area (Å²) in [6.07, 6.45) is 3.19. The minimum absolute atomic E-state index is 0.0168. The van der Waals surface area contributed by atoms with Crippen LogP contribution < -0.4 is 0 Å². The van der Waals surface area contributed by atoms with Crippen LogP contribution in [0, 0.1) is 11.6 Å². The van der Waals surface area contributed by atoms with Crippen molar-refractivity contribution >= 4 is 0 Å². The lowest BCUT2D eigenvalue weighted by molar-refractivity contribution is 0.383. The molecular weight excluding hydrogens is 320 g/mol. The Morgan fingerprint density at radius 3 is 1.96 bits per heavy atom. The lowest BCUT2D eigenvalue weighted by Crippen LogP contribution is -1.87. The molecule has 3 aromatic heterocycles. The highest BCUT2D eigenvalue weighted by Gasteiger charge is 2.18. The Kier molecular flexibility index (Phi) is 3.30. The maximum absolute atomic E-state index is 13.3. The fourth-order valence-corrected chi connectivity index (χ4v) is 1.99. The van der Waals surface area contributed by atoms with E-state index in [4.69, 9.17) is 9.05 Å². The van der Waals surface area contributed by atoms with Gasteiger partial charge in [0.15, 0.2) is 11.6 Å². The second-order valence-electron chi connectivity index (χ2n) is 4.71. The lowest BCUT2D eigenvalue weighted by atomic mass is 10.2. The Morgan fingerprint density at radius 2 is 1.33 bits per heavy atom. The zero-order valence-corrected chi connectivity index (χ0v) is 11.8. The third-order valence-corrected chi connectivity index (χ3v) is 3.15. The summed E-state index contributed by atoms with van der Waals surface area (Å²) < 4.78 is 36.4. The van der Waals surface area contributed by atoms with Crippen LogP contribution >= 0.6 is 0 Å². The molecule has 0 N–H and O–H groups in total. The van der Waals surface area contributed by atoms with Crippen molar-refractivity contribution in [3.8, 4) is 34.6 Å². The summed E-state index contributed by atoms with van der Waals surface area (Å²) in [5.41, 5.74) is 0.970. The Bertz CT molecular complexity index is 1000. The van der Waals surface area contributed by atoms with Gasteiger partial charge in [0, 0.05) is 23.5 Å². The van der Waals surface area contributed by atoms with Gasteiger partial charge >= 0.3 is 11.8 Å². The molecule has 0 radical (unpaired) electrons. The van der Waals surface area contributed by atoms with Gasteiger partial charge in [-0.1, -0.05) is 10.3 Å². The summed E-state index contributed by atoms with van der Waals surface area (Å²) in [5.74, 6) is -1.56. The van der Waals surface area contributed by atoms with Crippen molar-refractivity contribution in [2.45, 2.75) is 0 Å². The molecule has 9 heteroatoms. The largest absolute Gasteiger partial charge is 0.328 e. The van der Waals surface area contributed by atoms with Gasteiger partial charge in [-0.05, 0) is 30.3 Å². The van der Waals surface area contributed by atoms with E-state index in [2.05, 4.69) is 25.3 Å². The number of pyridine rings is 1. The monoisotopic (exact) mass is 327 g/mol. The van der Waals surface area contributed by atoms with Crippen molar-refractivity contribution < 1.29 is 17.8 Å². The lowest BCUT2D eigenvalue weighted by Gasteiger charge is -1.95. The molecule has 0 aliphatic carbocycles. The van der Waals surface area contributed by atoms with Gasteiger partial charge < -0.3 is 9.05 Å². The van der Waals surface area contributed by atoms with Gasteiger partial charge in [0.2, 0.25) is 11.6 Å². The number of hydrogen-bond acceptors (Lipinski definition) is 7. The van der Waals surface area contributed by atoms with Crippen LogP contribution in [0.1, 0.15) is 0 Å². The average molecular weight is 327 g/mol. The van der Waals surface area contributed by atoms with Gasteiger partial charge in [-0.3, -0.25) is 4.98 Å².